The van der Waals surface area contributed by atoms with Crippen molar-refractivity contribution in [3.63, 3.8) is 0 Å². The number of hydroxylamine groups is 1. The third kappa shape index (κ3) is 5.51. The van der Waals surface area contributed by atoms with Crippen LogP contribution in [0.25, 0.3) is 0 Å². The summed E-state index contributed by atoms with van der Waals surface area (Å²) in [6.45, 7) is 0.537. The lowest BCUT2D eigenvalue weighted by Crippen LogP contribution is -2.42. The molecule has 1 aromatic heterocycles. The number of guanidine groups is 1. The normalized spacial score (nSPS) is 14.9. The third-order valence-corrected chi connectivity index (χ3v) is 4.98. The number of nitrogens with two attached hydrogens (primary N) is 1. The number of carbonyl (C=O) groups excluding carboxylic acids is 1. The van der Waals surface area contributed by atoms with Gasteiger partial charge in [0.25, 0.3) is 0 Å². The number of carbonyl (C=O) groups is 1. The fourth-order valence-corrected chi connectivity index (χ4v) is 2.93. The number of nitrogens with one attached hydrogen (secondary N) is 3. The molecule has 1 aromatic carbocycles. The molecule has 11 nitrogen and oxygen atoms in total. The first-order valence-corrected chi connectivity index (χ1v) is 9.88. The molecule has 13 heteroatoms. The minimum atomic E-state index is -0.443. The average Bonchev–Trinajstić information content (AvgIpc) is 3.13. The van der Waals surface area contributed by atoms with Gasteiger partial charge in [-0.25, -0.2) is 14.0 Å². The number of aromatic nitrogens is 2. The van der Waals surface area contributed by atoms with Gasteiger partial charge in [0.15, 0.2) is 17.5 Å². The Balaban J connectivity index is 1.58. The number of hydrogen-bond acceptors (Lipinski definition) is 8. The van der Waals surface area contributed by atoms with E-state index in [-0.39, 0.29) is 46.1 Å². The molecule has 1 heterocycles. The second-order valence-electron chi connectivity index (χ2n) is 6.44. The lowest BCUT2D eigenvalue weighted by atomic mass is 9.85. The number of halogens is 2. The Hall–Kier alpha value is -3.06. The van der Waals surface area contributed by atoms with Gasteiger partial charge >= 0.3 is 0 Å². The number of benzene rings is 1. The van der Waals surface area contributed by atoms with Crippen molar-refractivity contribution in [2.45, 2.75) is 19.3 Å². The summed E-state index contributed by atoms with van der Waals surface area (Å²) in [5, 5.41) is 22.3. The Morgan fingerprint density at radius 2 is 2.20 bits per heavy atom. The van der Waals surface area contributed by atoms with Gasteiger partial charge in [0.05, 0.1) is 16.7 Å². The summed E-state index contributed by atoms with van der Waals surface area (Å²) in [5.41, 5.74) is 8.09. The largest absolute Gasteiger partial charge is 0.370 e. The van der Waals surface area contributed by atoms with E-state index in [1.54, 1.807) is 0 Å². The zero-order valence-electron chi connectivity index (χ0n) is 15.7. The molecule has 3 rings (SSSR count). The van der Waals surface area contributed by atoms with Crippen molar-refractivity contribution in [2.75, 3.05) is 18.4 Å². The van der Waals surface area contributed by atoms with E-state index in [4.69, 9.17) is 10.4 Å². The zero-order chi connectivity index (χ0) is 21.5. The summed E-state index contributed by atoms with van der Waals surface area (Å²) in [6.07, 6.45) is 2.81. The van der Waals surface area contributed by atoms with Crippen molar-refractivity contribution < 1.29 is 19.0 Å². The number of aliphatic imine (C=N–C) groups is 2. The van der Waals surface area contributed by atoms with Crippen molar-refractivity contribution in [3.05, 3.63) is 34.2 Å². The molecule has 1 aliphatic rings. The maximum atomic E-state index is 13.4. The van der Waals surface area contributed by atoms with Crippen LogP contribution in [0, 0.1) is 11.7 Å². The fraction of sp³-hybridized carbons (Fsp3) is 0.353. The monoisotopic (exact) mass is 482 g/mol. The van der Waals surface area contributed by atoms with Gasteiger partial charge in [-0.3, -0.25) is 25.8 Å². The molecule has 0 bridgehead atoms. The van der Waals surface area contributed by atoms with Gasteiger partial charge in [-0.1, -0.05) is 6.42 Å². The molecule has 0 unspecified atom stereocenters. The van der Waals surface area contributed by atoms with Crippen molar-refractivity contribution in [1.29, 1.82) is 0 Å². The predicted octanol–water partition coefficient (Wildman–Crippen LogP) is 1.67. The fourth-order valence-electron chi connectivity index (χ4n) is 2.56. The Bertz CT molecular complexity index is 960. The van der Waals surface area contributed by atoms with Gasteiger partial charge in [-0.15, -0.1) is 0 Å². The van der Waals surface area contributed by atoms with Crippen LogP contribution in [-0.4, -0.2) is 46.3 Å². The van der Waals surface area contributed by atoms with E-state index in [1.807, 2.05) is 5.48 Å². The third-order valence-electron chi connectivity index (χ3n) is 4.38. The Morgan fingerprint density at radius 1 is 1.40 bits per heavy atom. The summed E-state index contributed by atoms with van der Waals surface area (Å²) < 4.78 is 18.3. The Kier molecular flexibility index (Phi) is 7.30. The van der Waals surface area contributed by atoms with Crippen LogP contribution >= 0.6 is 15.9 Å². The molecule has 1 aliphatic carbocycles. The van der Waals surface area contributed by atoms with Crippen LogP contribution in [0.15, 0.2) is 37.3 Å². The van der Waals surface area contributed by atoms with Gasteiger partial charge in [-0.2, -0.15) is 0 Å². The van der Waals surface area contributed by atoms with Crippen LogP contribution in [0.5, 0.6) is 0 Å². The van der Waals surface area contributed by atoms with Crippen molar-refractivity contribution in [1.82, 2.24) is 21.1 Å². The van der Waals surface area contributed by atoms with E-state index < -0.39 is 5.82 Å². The molecule has 160 valence electrons. The van der Waals surface area contributed by atoms with E-state index in [1.165, 1.54) is 18.2 Å². The minimum Gasteiger partial charge on any atom is -0.370 e. The Morgan fingerprint density at radius 3 is 2.87 bits per heavy atom. The lowest BCUT2D eigenvalue weighted by molar-refractivity contribution is -0.125. The number of nitrogens with zero attached hydrogens (tertiary/aromatic N) is 4. The van der Waals surface area contributed by atoms with Crippen LogP contribution in [0.4, 0.5) is 15.9 Å². The maximum Gasteiger partial charge on any atom is 0.229 e. The summed E-state index contributed by atoms with van der Waals surface area (Å²) in [5.74, 6) is -0.349. The topological polar surface area (TPSA) is 163 Å². The molecule has 1 amide bonds. The average molecular weight is 483 g/mol. The highest BCUT2D eigenvalue weighted by molar-refractivity contribution is 9.10. The van der Waals surface area contributed by atoms with Gasteiger partial charge in [-0.05, 0) is 57.3 Å². The highest BCUT2D eigenvalue weighted by Crippen LogP contribution is 2.26. The second kappa shape index (κ2) is 10.1. The van der Waals surface area contributed by atoms with E-state index in [9.17, 15) is 14.4 Å². The van der Waals surface area contributed by atoms with Crippen molar-refractivity contribution >= 4 is 45.1 Å². The Labute approximate surface area is 179 Å². The molecule has 1 saturated carbocycles. The molecule has 0 saturated heterocycles. The predicted molar refractivity (Wildman–Crippen MR) is 110 cm³/mol. The SMILES string of the molecule is NC(=NCCNc1nonc1C(=Nc1ccc(F)c(Br)c1)NO)NC(=O)C1CCC1. The molecule has 0 radical (unpaired) electrons. The van der Waals surface area contributed by atoms with Crippen LogP contribution < -0.4 is 21.8 Å². The summed E-state index contributed by atoms with van der Waals surface area (Å²) in [4.78, 5) is 20.0. The molecule has 0 spiro atoms. The quantitative estimate of drug-likeness (QED) is 0.172. The maximum absolute atomic E-state index is 13.4. The lowest BCUT2D eigenvalue weighted by Gasteiger charge is -2.23. The zero-order valence-corrected chi connectivity index (χ0v) is 17.3. The molecule has 6 N–H and O–H groups in total. The van der Waals surface area contributed by atoms with E-state index in [0.717, 1.165) is 19.3 Å². The summed E-state index contributed by atoms with van der Waals surface area (Å²) in [7, 11) is 0. The first kappa shape index (κ1) is 21.6. The number of rotatable bonds is 7. The van der Waals surface area contributed by atoms with Gasteiger partial charge in [0, 0.05) is 12.5 Å². The second-order valence-corrected chi connectivity index (χ2v) is 7.30. The highest BCUT2D eigenvalue weighted by Gasteiger charge is 2.25. The molecule has 30 heavy (non-hydrogen) atoms. The van der Waals surface area contributed by atoms with Crippen molar-refractivity contribution in [2.24, 2.45) is 21.6 Å². The van der Waals surface area contributed by atoms with Crippen LogP contribution in [-0.2, 0) is 4.79 Å². The molecule has 1 fully saturated rings. The molecular formula is C17H20BrFN8O3. The molecule has 0 aliphatic heterocycles. The number of amides is 1. The molecular weight excluding hydrogens is 463 g/mol. The summed E-state index contributed by atoms with van der Waals surface area (Å²) >= 11 is 3.07. The van der Waals surface area contributed by atoms with E-state index >= 15 is 0 Å². The number of anilines is 1. The highest BCUT2D eigenvalue weighted by atomic mass is 79.9. The van der Waals surface area contributed by atoms with Gasteiger partial charge < -0.3 is 11.1 Å². The van der Waals surface area contributed by atoms with Gasteiger partial charge in [0.2, 0.25) is 11.7 Å². The van der Waals surface area contributed by atoms with Crippen LogP contribution in [0.2, 0.25) is 0 Å². The van der Waals surface area contributed by atoms with Crippen molar-refractivity contribution in [3.8, 4) is 0 Å². The van der Waals surface area contributed by atoms with E-state index in [2.05, 4.69) is 46.9 Å². The first-order chi connectivity index (χ1) is 14.5. The first-order valence-electron chi connectivity index (χ1n) is 9.09. The standard InChI is InChI=1S/C17H20BrFN8O3/c18-11-8-10(4-5-12(11)19)23-15(25-29)13-14(27-30-26-13)21-6-7-22-17(20)24-16(28)9-2-1-3-9/h4-5,8-9,29H,1-3,6-7H2,(H,21,27)(H,23,25)(H3,20,22,24,28). The van der Waals surface area contributed by atoms with Crippen LogP contribution in [0.3, 0.4) is 0 Å². The van der Waals surface area contributed by atoms with E-state index in [0.29, 0.717) is 12.2 Å². The summed E-state index contributed by atoms with van der Waals surface area (Å²) in [6, 6.07) is 4.08. The van der Waals surface area contributed by atoms with Gasteiger partial charge in [0.1, 0.15) is 5.82 Å². The number of hydrogen-bond donors (Lipinski definition) is 5. The molecule has 2 aromatic rings. The molecule has 0 atom stereocenters. The smallest absolute Gasteiger partial charge is 0.229 e. The number of amidine groups is 1. The van der Waals surface area contributed by atoms with Crippen LogP contribution in [0.1, 0.15) is 25.0 Å². The minimum absolute atomic E-state index is 0.0195.